The first-order valence-electron chi connectivity index (χ1n) is 13.2. The van der Waals surface area contributed by atoms with Crippen molar-refractivity contribution in [1.82, 2.24) is 9.55 Å². The number of rotatable bonds is 9. The Morgan fingerprint density at radius 3 is 2.31 bits per heavy atom. The van der Waals surface area contributed by atoms with Gasteiger partial charge >= 0.3 is 5.97 Å². The van der Waals surface area contributed by atoms with E-state index in [9.17, 15) is 14.4 Å². The molecule has 1 N–H and O–H groups in total. The molecule has 0 bridgehead atoms. The van der Waals surface area contributed by atoms with Gasteiger partial charge in [0.15, 0.2) is 22.7 Å². The molecule has 1 amide bonds. The Labute approximate surface area is 246 Å². The maximum Gasteiger partial charge on any atom is 0.356 e. The fourth-order valence-electron chi connectivity index (χ4n) is 4.75. The predicted octanol–water partition coefficient (Wildman–Crippen LogP) is 5.92. The highest BCUT2D eigenvalue weighted by Gasteiger charge is 2.28. The van der Waals surface area contributed by atoms with Crippen molar-refractivity contribution in [3.8, 4) is 33.9 Å². The lowest BCUT2D eigenvalue weighted by atomic mass is 9.97. The molecule has 1 unspecified atom stereocenters. The van der Waals surface area contributed by atoms with E-state index in [1.165, 1.54) is 23.0 Å². The molecule has 3 aromatic carbocycles. The van der Waals surface area contributed by atoms with Crippen LogP contribution in [0.1, 0.15) is 23.8 Å². The summed E-state index contributed by atoms with van der Waals surface area (Å²) in [6.45, 7) is 1.74. The van der Waals surface area contributed by atoms with Crippen molar-refractivity contribution in [1.29, 1.82) is 0 Å². The first-order chi connectivity index (χ1) is 20.4. The predicted molar refractivity (Wildman–Crippen MR) is 163 cm³/mol. The van der Waals surface area contributed by atoms with Crippen molar-refractivity contribution >= 4 is 39.1 Å². The number of methoxy groups -OCH3 is 2. The molecule has 0 saturated carbocycles. The van der Waals surface area contributed by atoms with E-state index in [2.05, 4.69) is 10.3 Å². The number of pyridine rings is 1. The number of benzene rings is 3. The Hall–Kier alpha value is -4.96. The third kappa shape index (κ3) is 5.48. The van der Waals surface area contributed by atoms with Gasteiger partial charge in [-0.2, -0.15) is 0 Å². The van der Waals surface area contributed by atoms with Crippen LogP contribution in [0.5, 0.6) is 11.5 Å². The highest BCUT2D eigenvalue weighted by molar-refractivity contribution is 7.14. The van der Waals surface area contributed by atoms with E-state index in [4.69, 9.17) is 14.2 Å². The summed E-state index contributed by atoms with van der Waals surface area (Å²) in [4.78, 5) is 44.7. The van der Waals surface area contributed by atoms with Crippen LogP contribution in [0.3, 0.4) is 0 Å². The van der Waals surface area contributed by atoms with E-state index >= 15 is 0 Å². The standard InChI is InChI=1S/C32H29N3O6S/c1-5-24(29(36)34-32-33-23(18-42-32)20-15-16-25(39-3)26(17-20)40-4)41-31(38)28-27(19-11-7-6-8-12-19)21-13-9-10-14-22(21)30(37)35(28)2/h6-18,24H,5H2,1-4H3,(H,33,34,36). The van der Waals surface area contributed by atoms with Crippen LogP contribution < -0.4 is 20.3 Å². The summed E-state index contributed by atoms with van der Waals surface area (Å²) in [7, 11) is 4.65. The van der Waals surface area contributed by atoms with Crippen molar-refractivity contribution in [3.63, 3.8) is 0 Å². The number of thiazole rings is 1. The van der Waals surface area contributed by atoms with Gasteiger partial charge in [-0.25, -0.2) is 9.78 Å². The number of fused-ring (bicyclic) bond motifs is 1. The highest BCUT2D eigenvalue weighted by atomic mass is 32.1. The van der Waals surface area contributed by atoms with Crippen LogP contribution in [-0.2, 0) is 16.6 Å². The van der Waals surface area contributed by atoms with Crippen LogP contribution in [0.2, 0.25) is 0 Å². The van der Waals surface area contributed by atoms with E-state index in [0.29, 0.717) is 38.7 Å². The molecule has 5 rings (SSSR count). The minimum atomic E-state index is -1.11. The molecule has 0 aliphatic heterocycles. The molecular formula is C32H29N3O6S. The zero-order valence-corrected chi connectivity index (χ0v) is 24.4. The smallest absolute Gasteiger partial charge is 0.356 e. The third-order valence-corrected chi connectivity index (χ3v) is 7.64. The lowest BCUT2D eigenvalue weighted by molar-refractivity contribution is -0.124. The SMILES string of the molecule is CCC(OC(=O)c1c(-c2ccccc2)c2ccccc2c(=O)n1C)C(=O)Nc1nc(-c2ccc(OC)c(OC)c2)cs1. The summed E-state index contributed by atoms with van der Waals surface area (Å²) in [5, 5.41) is 6.02. The molecule has 9 nitrogen and oxygen atoms in total. The molecule has 0 radical (unpaired) electrons. The molecule has 10 heteroatoms. The molecule has 2 heterocycles. The fraction of sp³-hybridized carbons (Fsp3) is 0.188. The summed E-state index contributed by atoms with van der Waals surface area (Å²) in [5.74, 6) is -0.140. The third-order valence-electron chi connectivity index (χ3n) is 6.89. The van der Waals surface area contributed by atoms with Crippen molar-refractivity contribution in [2.45, 2.75) is 19.4 Å². The first-order valence-corrected chi connectivity index (χ1v) is 14.1. The fourth-order valence-corrected chi connectivity index (χ4v) is 5.48. The van der Waals surface area contributed by atoms with E-state index in [1.54, 1.807) is 56.9 Å². The largest absolute Gasteiger partial charge is 0.493 e. The van der Waals surface area contributed by atoms with Crippen LogP contribution in [0.4, 0.5) is 5.13 Å². The van der Waals surface area contributed by atoms with Gasteiger partial charge < -0.3 is 18.8 Å². The summed E-state index contributed by atoms with van der Waals surface area (Å²) in [6.07, 6.45) is -0.899. The van der Waals surface area contributed by atoms with Gasteiger partial charge in [0.1, 0.15) is 5.69 Å². The zero-order valence-electron chi connectivity index (χ0n) is 23.5. The maximum absolute atomic E-state index is 13.7. The van der Waals surface area contributed by atoms with Gasteiger partial charge in [-0.1, -0.05) is 55.5 Å². The van der Waals surface area contributed by atoms with Crippen LogP contribution in [0, 0.1) is 0 Å². The van der Waals surface area contributed by atoms with Gasteiger partial charge in [-0.15, -0.1) is 11.3 Å². The number of anilines is 1. The molecule has 0 spiro atoms. The number of esters is 1. The molecule has 0 aliphatic rings. The van der Waals surface area contributed by atoms with Gasteiger partial charge in [-0.05, 0) is 41.6 Å². The summed E-state index contributed by atoms with van der Waals surface area (Å²) < 4.78 is 17.7. The molecule has 0 saturated heterocycles. The van der Waals surface area contributed by atoms with E-state index < -0.39 is 18.0 Å². The minimum Gasteiger partial charge on any atom is -0.493 e. The van der Waals surface area contributed by atoms with E-state index in [0.717, 1.165) is 11.1 Å². The average molecular weight is 584 g/mol. The Kier molecular flexibility index (Phi) is 8.35. The quantitative estimate of drug-likeness (QED) is 0.215. The second-order valence-electron chi connectivity index (χ2n) is 9.40. The number of carbonyl (C=O) groups excluding carboxylic acids is 2. The Morgan fingerprint density at radius 2 is 1.62 bits per heavy atom. The van der Waals surface area contributed by atoms with Crippen LogP contribution >= 0.6 is 11.3 Å². The van der Waals surface area contributed by atoms with Crippen molar-refractivity contribution in [2.75, 3.05) is 19.5 Å². The lowest BCUT2D eigenvalue weighted by Crippen LogP contribution is -2.34. The van der Waals surface area contributed by atoms with Gasteiger partial charge in [0.25, 0.3) is 11.5 Å². The number of nitrogens with zero attached hydrogens (tertiary/aromatic N) is 2. The Morgan fingerprint density at radius 1 is 0.929 bits per heavy atom. The molecule has 214 valence electrons. The number of nitrogens with one attached hydrogen (secondary N) is 1. The van der Waals surface area contributed by atoms with Gasteiger partial charge in [-0.3, -0.25) is 14.9 Å². The normalized spacial score (nSPS) is 11.6. The minimum absolute atomic E-state index is 0.0705. The van der Waals surface area contributed by atoms with Gasteiger partial charge in [0, 0.05) is 28.9 Å². The second kappa shape index (κ2) is 12.3. The van der Waals surface area contributed by atoms with Gasteiger partial charge in [0.05, 0.1) is 19.9 Å². The number of hydrogen-bond donors (Lipinski definition) is 1. The molecular weight excluding hydrogens is 554 g/mol. The number of hydrogen-bond acceptors (Lipinski definition) is 8. The molecule has 42 heavy (non-hydrogen) atoms. The first kappa shape index (κ1) is 28.6. The second-order valence-corrected chi connectivity index (χ2v) is 10.3. The Balaban J connectivity index is 1.41. The van der Waals surface area contributed by atoms with Crippen LogP contribution in [0.25, 0.3) is 33.2 Å². The molecule has 0 aliphatic carbocycles. The van der Waals surface area contributed by atoms with Crippen molar-refractivity contribution in [2.24, 2.45) is 7.05 Å². The lowest BCUT2D eigenvalue weighted by Gasteiger charge is -2.20. The number of aromatic nitrogens is 2. The van der Waals surface area contributed by atoms with Crippen molar-refractivity contribution in [3.05, 3.63) is 94.2 Å². The van der Waals surface area contributed by atoms with Crippen LogP contribution in [-0.4, -0.2) is 41.8 Å². The molecule has 5 aromatic rings. The molecule has 0 fully saturated rings. The average Bonchev–Trinajstić information content (AvgIpc) is 3.49. The Bertz CT molecular complexity index is 1830. The van der Waals surface area contributed by atoms with E-state index in [1.807, 2.05) is 42.5 Å². The van der Waals surface area contributed by atoms with Gasteiger partial charge in [0.2, 0.25) is 0 Å². The maximum atomic E-state index is 13.7. The number of carbonyl (C=O) groups is 2. The monoisotopic (exact) mass is 583 g/mol. The molecule has 1 atom stereocenters. The summed E-state index contributed by atoms with van der Waals surface area (Å²) in [6, 6.07) is 21.9. The van der Waals surface area contributed by atoms with E-state index in [-0.39, 0.29) is 17.7 Å². The zero-order chi connectivity index (χ0) is 29.8. The number of amides is 1. The molecule has 2 aromatic heterocycles. The highest BCUT2D eigenvalue weighted by Crippen LogP contribution is 2.34. The summed E-state index contributed by atoms with van der Waals surface area (Å²) >= 11 is 1.24. The van der Waals surface area contributed by atoms with Crippen LogP contribution in [0.15, 0.2) is 83.0 Å². The topological polar surface area (TPSA) is 109 Å². The summed E-state index contributed by atoms with van der Waals surface area (Å²) in [5.41, 5.74) is 2.47. The van der Waals surface area contributed by atoms with Crippen molar-refractivity contribution < 1.29 is 23.8 Å². The number of ether oxygens (including phenoxy) is 3.